The van der Waals surface area contributed by atoms with Crippen LogP contribution in [0.15, 0.2) is 66.7 Å². The number of carbonyl (C=O) groups is 1. The molecule has 1 saturated heterocycles. The van der Waals surface area contributed by atoms with E-state index in [-0.39, 0.29) is 36.0 Å². The topological polar surface area (TPSA) is 46.6 Å². The lowest BCUT2D eigenvalue weighted by molar-refractivity contribution is -0.807. The third-order valence-electron chi connectivity index (χ3n) is 8.03. The van der Waals surface area contributed by atoms with Crippen LogP contribution in [0, 0.1) is 16.8 Å². The number of fused-ring (bicyclic) bond motifs is 4. The molecule has 0 bridgehead atoms. The van der Waals surface area contributed by atoms with E-state index in [0.29, 0.717) is 18.5 Å². The van der Waals surface area contributed by atoms with Crippen LogP contribution in [0.4, 0.5) is 20.2 Å². The Morgan fingerprint density at radius 1 is 0.972 bits per heavy atom. The van der Waals surface area contributed by atoms with E-state index < -0.39 is 4.65 Å². The minimum absolute atomic E-state index is 0.155. The van der Waals surface area contributed by atoms with Gasteiger partial charge in [0.05, 0.1) is 12.1 Å². The van der Waals surface area contributed by atoms with Crippen LogP contribution in [0.5, 0.6) is 0 Å². The van der Waals surface area contributed by atoms with E-state index in [9.17, 15) is 18.8 Å². The first-order valence-electron chi connectivity index (χ1n) is 12.7. The molecular weight excluding hydrogens is 460 g/mol. The summed E-state index contributed by atoms with van der Waals surface area (Å²) in [6.45, 7) is 3.06. The molecule has 6 rings (SSSR count). The van der Waals surface area contributed by atoms with Gasteiger partial charge < -0.3 is 15.0 Å². The number of hydroxylamine groups is 3. The minimum Gasteiger partial charge on any atom is -0.625 e. The number of nitrogens with zero attached hydrogens (tertiary/aromatic N) is 3. The van der Waals surface area contributed by atoms with Gasteiger partial charge in [-0.3, -0.25) is 4.65 Å². The molecule has 0 aliphatic carbocycles. The molecule has 0 spiro atoms. The molecule has 1 unspecified atom stereocenters. The maximum Gasteiger partial charge on any atom is 0.346 e. The number of likely N-dealkylation sites (tertiary alicyclic amines) is 1. The predicted molar refractivity (Wildman–Crippen MR) is 135 cm³/mol. The summed E-state index contributed by atoms with van der Waals surface area (Å²) in [5, 5.41) is 13.2. The molecule has 0 saturated carbocycles. The van der Waals surface area contributed by atoms with Crippen molar-refractivity contribution in [2.45, 2.75) is 37.8 Å². The highest BCUT2D eigenvalue weighted by molar-refractivity contribution is 5.92. The molecule has 0 N–H and O–H groups in total. The second kappa shape index (κ2) is 9.07. The number of rotatable bonds is 6. The third kappa shape index (κ3) is 4.01. The quantitative estimate of drug-likeness (QED) is 0.252. The summed E-state index contributed by atoms with van der Waals surface area (Å²) in [4.78, 5) is 17.3. The number of unbranched alkanes of at least 4 members (excludes halogenated alkanes) is 1. The highest BCUT2D eigenvalue weighted by Gasteiger charge is 2.43. The predicted octanol–water partition coefficient (Wildman–Crippen LogP) is 5.72. The molecule has 3 aromatic carbocycles. The SMILES string of the molecule is O=C1c2ccccc2C[N+]1([O-])CCCCN1CC[C@@H]2[C@@H](C1)c1cc(F)ccc1N2c1ccc(F)cc1. The van der Waals surface area contributed by atoms with Crippen molar-refractivity contribution >= 4 is 17.3 Å². The lowest BCUT2D eigenvalue weighted by Crippen LogP contribution is -2.45. The van der Waals surface area contributed by atoms with Crippen LogP contribution < -0.4 is 4.90 Å². The summed E-state index contributed by atoms with van der Waals surface area (Å²) in [5.74, 6) is -0.685. The second-order valence-electron chi connectivity index (χ2n) is 10.3. The van der Waals surface area contributed by atoms with E-state index in [1.165, 1.54) is 18.2 Å². The van der Waals surface area contributed by atoms with Crippen molar-refractivity contribution in [3.05, 3.63) is 100 Å². The average molecular weight is 490 g/mol. The van der Waals surface area contributed by atoms with Gasteiger partial charge in [0.1, 0.15) is 18.2 Å². The van der Waals surface area contributed by atoms with Gasteiger partial charge in [-0.05, 0) is 79.9 Å². The van der Waals surface area contributed by atoms with Gasteiger partial charge in [0.2, 0.25) is 0 Å². The lowest BCUT2D eigenvalue weighted by atomic mass is 9.89. The highest BCUT2D eigenvalue weighted by Crippen LogP contribution is 2.48. The van der Waals surface area contributed by atoms with Crippen molar-refractivity contribution in [1.29, 1.82) is 0 Å². The number of carbonyl (C=O) groups excluding carboxylic acids is 1. The minimum atomic E-state index is -0.788. The molecule has 0 aromatic heterocycles. The number of piperidine rings is 1. The van der Waals surface area contributed by atoms with E-state index in [1.807, 2.05) is 18.2 Å². The number of benzene rings is 3. The fourth-order valence-corrected chi connectivity index (χ4v) is 6.29. The van der Waals surface area contributed by atoms with Crippen LogP contribution >= 0.6 is 0 Å². The van der Waals surface area contributed by atoms with E-state index in [2.05, 4.69) is 9.80 Å². The first-order valence-corrected chi connectivity index (χ1v) is 12.7. The van der Waals surface area contributed by atoms with Crippen molar-refractivity contribution in [2.24, 2.45) is 0 Å². The van der Waals surface area contributed by atoms with Crippen LogP contribution in [0.25, 0.3) is 0 Å². The zero-order valence-electron chi connectivity index (χ0n) is 20.1. The van der Waals surface area contributed by atoms with Crippen LogP contribution in [-0.4, -0.2) is 47.7 Å². The molecule has 3 heterocycles. The maximum atomic E-state index is 14.2. The summed E-state index contributed by atoms with van der Waals surface area (Å²) in [6.07, 6.45) is 2.43. The van der Waals surface area contributed by atoms with Gasteiger partial charge >= 0.3 is 5.91 Å². The molecule has 0 radical (unpaired) electrons. The van der Waals surface area contributed by atoms with Crippen molar-refractivity contribution in [3.8, 4) is 0 Å². The fourth-order valence-electron chi connectivity index (χ4n) is 6.29. The molecule has 1 amide bonds. The molecule has 3 atom stereocenters. The molecule has 3 aliphatic heterocycles. The van der Waals surface area contributed by atoms with Crippen molar-refractivity contribution in [3.63, 3.8) is 0 Å². The molecule has 3 aromatic rings. The third-order valence-corrected chi connectivity index (χ3v) is 8.03. The van der Waals surface area contributed by atoms with E-state index in [4.69, 9.17) is 0 Å². The highest BCUT2D eigenvalue weighted by atomic mass is 19.1. The van der Waals surface area contributed by atoms with Gasteiger partial charge in [-0.1, -0.05) is 18.2 Å². The smallest absolute Gasteiger partial charge is 0.346 e. The normalized spacial score (nSPS) is 25.1. The van der Waals surface area contributed by atoms with E-state index >= 15 is 0 Å². The molecule has 3 aliphatic rings. The molecule has 7 heteroatoms. The molecular formula is C29H29F2N3O2. The number of anilines is 2. The van der Waals surface area contributed by atoms with Crippen LogP contribution in [0.1, 0.15) is 46.7 Å². The van der Waals surface area contributed by atoms with E-state index in [0.717, 1.165) is 55.0 Å². The fraction of sp³-hybridized carbons (Fsp3) is 0.345. The Bertz CT molecular complexity index is 1300. The number of hydrogen-bond donors (Lipinski definition) is 0. The van der Waals surface area contributed by atoms with E-state index in [1.54, 1.807) is 30.3 Å². The number of quaternary nitrogens is 1. The lowest BCUT2D eigenvalue weighted by Gasteiger charge is -2.39. The average Bonchev–Trinajstić information content (AvgIpc) is 3.33. The zero-order chi connectivity index (χ0) is 24.9. The van der Waals surface area contributed by atoms with Gasteiger partial charge in [-0.2, -0.15) is 0 Å². The first kappa shape index (κ1) is 23.3. The monoisotopic (exact) mass is 489 g/mol. The Morgan fingerprint density at radius 2 is 1.75 bits per heavy atom. The Kier molecular flexibility index (Phi) is 5.86. The Balaban J connectivity index is 1.10. The molecule has 5 nitrogen and oxygen atoms in total. The summed E-state index contributed by atoms with van der Waals surface area (Å²) in [5.41, 5.74) is 4.32. The van der Waals surface area contributed by atoms with Crippen molar-refractivity contribution < 1.29 is 18.2 Å². The number of halogens is 2. The molecule has 36 heavy (non-hydrogen) atoms. The Hall–Kier alpha value is -3.13. The largest absolute Gasteiger partial charge is 0.625 e. The summed E-state index contributed by atoms with van der Waals surface area (Å²) in [6, 6.07) is 19.0. The maximum absolute atomic E-state index is 14.2. The second-order valence-corrected chi connectivity index (χ2v) is 10.3. The summed E-state index contributed by atoms with van der Waals surface area (Å²) < 4.78 is 27.0. The molecule has 186 valence electrons. The van der Waals surface area contributed by atoms with Crippen LogP contribution in [0.2, 0.25) is 0 Å². The van der Waals surface area contributed by atoms with Gasteiger partial charge in [0.25, 0.3) is 0 Å². The van der Waals surface area contributed by atoms with Crippen LogP contribution in [-0.2, 0) is 6.54 Å². The summed E-state index contributed by atoms with van der Waals surface area (Å²) >= 11 is 0. The zero-order valence-corrected chi connectivity index (χ0v) is 20.1. The Morgan fingerprint density at radius 3 is 2.56 bits per heavy atom. The van der Waals surface area contributed by atoms with Crippen LogP contribution in [0.3, 0.4) is 0 Å². The standard InChI is InChI=1S/C29H29F2N3O2/c30-21-7-10-23(11-8-21)33-27-12-9-22(31)17-25(27)26-18-32(15-13-28(26)33)14-3-4-16-34(36)19-20-5-1-2-6-24(20)29(34)35/h1-2,5-12,17,26,28H,3-4,13-16,18-19H2/t26-,28+,34?/m0/s1. The molecule has 1 fully saturated rings. The van der Waals surface area contributed by atoms with Crippen molar-refractivity contribution in [2.75, 3.05) is 31.1 Å². The van der Waals surface area contributed by atoms with Gasteiger partial charge in [-0.15, -0.1) is 0 Å². The van der Waals surface area contributed by atoms with Gasteiger partial charge in [-0.25, -0.2) is 13.6 Å². The Labute approximate surface area is 209 Å². The summed E-state index contributed by atoms with van der Waals surface area (Å²) in [7, 11) is 0. The van der Waals surface area contributed by atoms with Gasteiger partial charge in [0, 0.05) is 42.0 Å². The van der Waals surface area contributed by atoms with Crippen molar-refractivity contribution in [1.82, 2.24) is 4.90 Å². The first-order chi connectivity index (χ1) is 17.4. The number of amides is 1. The number of hydrogen-bond acceptors (Lipinski definition) is 4. The van der Waals surface area contributed by atoms with Gasteiger partial charge in [0.15, 0.2) is 0 Å².